The van der Waals surface area contributed by atoms with Crippen molar-refractivity contribution in [3.63, 3.8) is 0 Å². The Kier molecular flexibility index (Phi) is 6.21. The molecule has 4 N–H and O–H groups in total. The van der Waals surface area contributed by atoms with Crippen LogP contribution >= 0.6 is 11.8 Å². The molecule has 0 aliphatic heterocycles. The van der Waals surface area contributed by atoms with Crippen molar-refractivity contribution in [3.05, 3.63) is 0 Å². The summed E-state index contributed by atoms with van der Waals surface area (Å²) in [5.74, 6) is -0.919. The highest BCUT2D eigenvalue weighted by molar-refractivity contribution is 6.14. The third-order valence-corrected chi connectivity index (χ3v) is 1.64. The lowest BCUT2D eigenvalue weighted by atomic mass is 10.1. The van der Waals surface area contributed by atoms with Crippen LogP contribution in [0.2, 0.25) is 0 Å². The van der Waals surface area contributed by atoms with Crippen LogP contribution in [0.1, 0.15) is 19.3 Å². The zero-order valence-electron chi connectivity index (χ0n) is 6.22. The van der Waals surface area contributed by atoms with Crippen molar-refractivity contribution in [1.29, 1.82) is 0 Å². The van der Waals surface area contributed by atoms with Gasteiger partial charge in [-0.1, -0.05) is 0 Å². The molecular weight excluding hydrogens is 168 g/mol. The van der Waals surface area contributed by atoms with Crippen LogP contribution in [-0.2, 0) is 4.79 Å². The molecule has 0 fully saturated rings. The zero-order chi connectivity index (χ0) is 8.69. The summed E-state index contributed by atoms with van der Waals surface area (Å²) in [5.41, 5.74) is 5.23. The monoisotopic (exact) mass is 180 g/mol. The second-order valence-electron chi connectivity index (χ2n) is 2.28. The number of halogens is 1. The number of hydrogen-bond acceptors (Lipinski definition) is 3. The number of rotatable bonds is 6. The Morgan fingerprint density at radius 1 is 1.64 bits per heavy atom. The second kappa shape index (κ2) is 6.39. The number of aliphatic carboxylic acids is 1. The van der Waals surface area contributed by atoms with Gasteiger partial charge in [-0.05, 0) is 37.6 Å². The summed E-state index contributed by atoms with van der Waals surface area (Å²) in [6, 6.07) is -0.650. The minimum absolute atomic E-state index is 0.524. The van der Waals surface area contributed by atoms with Crippen molar-refractivity contribution in [1.82, 2.24) is 4.84 Å². The summed E-state index contributed by atoms with van der Waals surface area (Å²) in [7, 11) is 0. The average molecular weight is 181 g/mol. The van der Waals surface area contributed by atoms with E-state index in [1.807, 2.05) is 0 Å². The Bertz CT molecular complexity index is 121. The molecule has 0 spiro atoms. The summed E-state index contributed by atoms with van der Waals surface area (Å²) in [6.45, 7) is 0.592. The molecule has 5 heteroatoms. The molecule has 1 atom stereocenters. The predicted molar refractivity (Wildman–Crippen MR) is 43.3 cm³/mol. The van der Waals surface area contributed by atoms with Gasteiger partial charge in [0.1, 0.15) is 6.04 Å². The van der Waals surface area contributed by atoms with Crippen molar-refractivity contribution in [2.45, 2.75) is 25.3 Å². The standard InChI is InChI=1S/C6H13ClN2O2/c7-9-5(6(10)11)3-1-2-4-8/h5,9H,1-4,8H2,(H,10,11). The van der Waals surface area contributed by atoms with Gasteiger partial charge in [0, 0.05) is 0 Å². The molecule has 66 valence electrons. The van der Waals surface area contributed by atoms with Gasteiger partial charge < -0.3 is 10.8 Å². The Morgan fingerprint density at radius 2 is 2.27 bits per heavy atom. The van der Waals surface area contributed by atoms with Gasteiger partial charge in [0.2, 0.25) is 0 Å². The summed E-state index contributed by atoms with van der Waals surface area (Å²) in [4.78, 5) is 12.5. The maximum atomic E-state index is 10.3. The molecule has 0 heterocycles. The molecule has 0 aromatic rings. The lowest BCUT2D eigenvalue weighted by Crippen LogP contribution is -2.30. The summed E-state index contributed by atoms with van der Waals surface area (Å²) in [5, 5.41) is 8.49. The molecule has 0 radical (unpaired) electrons. The molecule has 4 nitrogen and oxygen atoms in total. The number of carboxylic acid groups (broad SMARTS) is 1. The first-order valence-corrected chi connectivity index (χ1v) is 3.89. The largest absolute Gasteiger partial charge is 0.480 e. The fraction of sp³-hybridized carbons (Fsp3) is 0.833. The van der Waals surface area contributed by atoms with Crippen LogP contribution in [0.3, 0.4) is 0 Å². The fourth-order valence-electron chi connectivity index (χ4n) is 0.717. The molecule has 0 aromatic heterocycles. The maximum absolute atomic E-state index is 10.3. The summed E-state index contributed by atoms with van der Waals surface area (Å²) >= 11 is 5.18. The van der Waals surface area contributed by atoms with Crippen LogP contribution < -0.4 is 10.6 Å². The van der Waals surface area contributed by atoms with E-state index in [9.17, 15) is 4.79 Å². The fourth-order valence-corrected chi connectivity index (χ4v) is 0.920. The number of carboxylic acids is 1. The third kappa shape index (κ3) is 5.01. The Morgan fingerprint density at radius 3 is 2.64 bits per heavy atom. The van der Waals surface area contributed by atoms with E-state index in [4.69, 9.17) is 22.6 Å². The van der Waals surface area contributed by atoms with Crippen LogP contribution in [0.25, 0.3) is 0 Å². The van der Waals surface area contributed by atoms with Crippen LogP contribution in [-0.4, -0.2) is 23.7 Å². The van der Waals surface area contributed by atoms with Gasteiger partial charge in [0.25, 0.3) is 0 Å². The lowest BCUT2D eigenvalue weighted by molar-refractivity contribution is -0.139. The smallest absolute Gasteiger partial charge is 0.321 e. The van der Waals surface area contributed by atoms with Gasteiger partial charge in [-0.15, -0.1) is 0 Å². The molecule has 0 aliphatic rings. The van der Waals surface area contributed by atoms with E-state index < -0.39 is 12.0 Å². The van der Waals surface area contributed by atoms with Gasteiger partial charge in [0.15, 0.2) is 0 Å². The molecule has 0 saturated carbocycles. The number of hydrogen-bond donors (Lipinski definition) is 3. The predicted octanol–water partition coefficient (Wildman–Crippen LogP) is 0.312. The lowest BCUT2D eigenvalue weighted by Gasteiger charge is -2.07. The maximum Gasteiger partial charge on any atom is 0.321 e. The SMILES string of the molecule is NCCCCC(NCl)C(=O)O. The number of nitrogens with two attached hydrogens (primary N) is 1. The Balaban J connectivity index is 3.44. The van der Waals surface area contributed by atoms with Crippen LogP contribution in [0, 0.1) is 0 Å². The Hall–Kier alpha value is -0.320. The summed E-state index contributed by atoms with van der Waals surface area (Å²) < 4.78 is 0. The highest BCUT2D eigenvalue weighted by atomic mass is 35.5. The third-order valence-electron chi connectivity index (χ3n) is 1.38. The second-order valence-corrected chi connectivity index (χ2v) is 2.50. The highest BCUT2D eigenvalue weighted by Gasteiger charge is 2.14. The van der Waals surface area contributed by atoms with Crippen LogP contribution in [0.15, 0.2) is 0 Å². The van der Waals surface area contributed by atoms with Gasteiger partial charge in [-0.3, -0.25) is 4.79 Å². The molecular formula is C6H13ClN2O2. The summed E-state index contributed by atoms with van der Waals surface area (Å²) in [6.07, 6.45) is 2.14. The van der Waals surface area contributed by atoms with E-state index in [1.165, 1.54) is 0 Å². The van der Waals surface area contributed by atoms with E-state index in [2.05, 4.69) is 4.84 Å². The average Bonchev–Trinajstić information content (AvgIpc) is 1.97. The molecule has 0 saturated heterocycles. The van der Waals surface area contributed by atoms with Crippen LogP contribution in [0.5, 0.6) is 0 Å². The quantitative estimate of drug-likeness (QED) is 0.406. The molecule has 0 aromatic carbocycles. The molecule has 0 amide bonds. The van der Waals surface area contributed by atoms with Gasteiger partial charge in [0.05, 0.1) is 0 Å². The number of unbranched alkanes of at least 4 members (excludes halogenated alkanes) is 1. The first-order chi connectivity index (χ1) is 5.22. The number of nitrogens with one attached hydrogen (secondary N) is 1. The molecule has 0 rings (SSSR count). The molecule has 0 bridgehead atoms. The van der Waals surface area contributed by atoms with E-state index in [0.29, 0.717) is 13.0 Å². The Labute approximate surface area is 70.8 Å². The molecule has 0 aliphatic carbocycles. The molecule has 1 unspecified atom stereocenters. The number of carbonyl (C=O) groups is 1. The van der Waals surface area contributed by atoms with E-state index in [-0.39, 0.29) is 0 Å². The normalized spacial score (nSPS) is 12.9. The van der Waals surface area contributed by atoms with Crippen molar-refractivity contribution in [3.8, 4) is 0 Å². The van der Waals surface area contributed by atoms with Crippen molar-refractivity contribution in [2.24, 2.45) is 5.73 Å². The van der Waals surface area contributed by atoms with E-state index in [1.54, 1.807) is 0 Å². The minimum Gasteiger partial charge on any atom is -0.480 e. The van der Waals surface area contributed by atoms with Gasteiger partial charge >= 0.3 is 5.97 Å². The van der Waals surface area contributed by atoms with E-state index >= 15 is 0 Å². The highest BCUT2D eigenvalue weighted by Crippen LogP contribution is 2.00. The van der Waals surface area contributed by atoms with E-state index in [0.717, 1.165) is 12.8 Å². The van der Waals surface area contributed by atoms with Crippen molar-refractivity contribution >= 4 is 17.7 Å². The molecule has 11 heavy (non-hydrogen) atoms. The van der Waals surface area contributed by atoms with Gasteiger partial charge in [-0.2, -0.15) is 0 Å². The van der Waals surface area contributed by atoms with Gasteiger partial charge in [-0.25, -0.2) is 4.84 Å². The van der Waals surface area contributed by atoms with Crippen molar-refractivity contribution in [2.75, 3.05) is 6.54 Å². The van der Waals surface area contributed by atoms with Crippen LogP contribution in [0.4, 0.5) is 0 Å². The topological polar surface area (TPSA) is 75.3 Å². The van der Waals surface area contributed by atoms with Crippen molar-refractivity contribution < 1.29 is 9.90 Å². The zero-order valence-corrected chi connectivity index (χ0v) is 6.97. The first-order valence-electron chi connectivity index (χ1n) is 3.51. The first kappa shape index (κ1) is 10.7. The minimum atomic E-state index is -0.919.